The molecule has 2 N–H and O–H groups in total. The van der Waals surface area contributed by atoms with Crippen molar-refractivity contribution in [2.24, 2.45) is 11.8 Å². The number of carbonyl (C=O) groups excluding carboxylic acids is 1. The summed E-state index contributed by atoms with van der Waals surface area (Å²) in [5.74, 6) is -0.0976. The van der Waals surface area contributed by atoms with Crippen LogP contribution in [0.25, 0.3) is 10.8 Å². The topological polar surface area (TPSA) is 103 Å². The predicted octanol–water partition coefficient (Wildman–Crippen LogP) is 5.10. The molecular weight excluding hydrogens is 493 g/mol. The van der Waals surface area contributed by atoms with Crippen molar-refractivity contribution in [3.63, 3.8) is 0 Å². The van der Waals surface area contributed by atoms with Gasteiger partial charge in [0, 0.05) is 5.39 Å². The molecule has 0 radical (unpaired) electrons. The van der Waals surface area contributed by atoms with Crippen LogP contribution in [0.1, 0.15) is 26.3 Å². The molecule has 37 heavy (non-hydrogen) atoms. The van der Waals surface area contributed by atoms with Crippen LogP contribution in [0, 0.1) is 11.8 Å². The van der Waals surface area contributed by atoms with Gasteiger partial charge in [0.25, 0.3) is 0 Å². The molecule has 198 valence electrons. The number of nitrogens with one attached hydrogen (secondary N) is 1. The van der Waals surface area contributed by atoms with Crippen LogP contribution in [-0.4, -0.2) is 42.5 Å². The number of carbonyl (C=O) groups is 1. The Hall–Kier alpha value is -2.74. The molecule has 6 atom stereocenters. The highest BCUT2D eigenvalue weighted by Gasteiger charge is 2.38. The van der Waals surface area contributed by atoms with Gasteiger partial charge in [-0.25, -0.2) is 4.57 Å². The molecule has 3 aromatic carbocycles. The summed E-state index contributed by atoms with van der Waals surface area (Å²) in [7, 11) is -4.12. The average Bonchev–Trinajstić information content (AvgIpc) is 2.90. The first-order valence-electron chi connectivity index (χ1n) is 12.5. The largest absolute Gasteiger partial charge is 0.460 e. The Kier molecular flexibility index (Phi) is 9.00. The molecule has 0 saturated carbocycles. The first kappa shape index (κ1) is 27.3. The number of esters is 1. The summed E-state index contributed by atoms with van der Waals surface area (Å²) in [6, 6.07) is 21.2. The van der Waals surface area contributed by atoms with Crippen LogP contribution in [0.3, 0.4) is 0 Å². The maximum atomic E-state index is 14.0. The Morgan fingerprint density at radius 1 is 1.08 bits per heavy atom. The first-order valence-corrected chi connectivity index (χ1v) is 14.0. The van der Waals surface area contributed by atoms with Crippen molar-refractivity contribution in [1.29, 1.82) is 0 Å². The van der Waals surface area contributed by atoms with Gasteiger partial charge >= 0.3 is 13.7 Å². The van der Waals surface area contributed by atoms with E-state index >= 15 is 0 Å². The number of benzene rings is 3. The van der Waals surface area contributed by atoms with Crippen LogP contribution >= 0.6 is 7.75 Å². The number of hydrogen-bond donors (Lipinski definition) is 2. The molecular formula is C28H34NO7P. The monoisotopic (exact) mass is 527 g/mol. The quantitative estimate of drug-likeness (QED) is 0.277. The number of ether oxygens (including phenoxy) is 2. The summed E-state index contributed by atoms with van der Waals surface area (Å²) < 4.78 is 36.9. The van der Waals surface area contributed by atoms with E-state index < -0.39 is 32.0 Å². The molecule has 1 fully saturated rings. The normalized spacial score (nSPS) is 24.2. The fourth-order valence-corrected chi connectivity index (χ4v) is 5.68. The second kappa shape index (κ2) is 12.2. The lowest BCUT2D eigenvalue weighted by molar-refractivity contribution is -0.146. The van der Waals surface area contributed by atoms with Gasteiger partial charge in [-0.15, -0.1) is 0 Å². The van der Waals surface area contributed by atoms with E-state index in [1.807, 2.05) is 74.5 Å². The first-order chi connectivity index (χ1) is 17.8. The molecule has 1 aliphatic rings. The van der Waals surface area contributed by atoms with E-state index in [0.717, 1.165) is 16.3 Å². The fraction of sp³-hybridized carbons (Fsp3) is 0.393. The Balaban J connectivity index is 1.50. The van der Waals surface area contributed by atoms with Gasteiger partial charge in [-0.2, -0.15) is 5.09 Å². The van der Waals surface area contributed by atoms with Crippen molar-refractivity contribution in [2.75, 3.05) is 13.2 Å². The van der Waals surface area contributed by atoms with Crippen LogP contribution in [-0.2, 0) is 30.0 Å². The highest BCUT2D eigenvalue weighted by atomic mass is 31.2. The number of aliphatic hydroxyl groups excluding tert-OH is 1. The molecule has 0 aromatic heterocycles. The van der Waals surface area contributed by atoms with E-state index in [-0.39, 0.29) is 25.0 Å². The third-order valence-corrected chi connectivity index (χ3v) is 8.33. The van der Waals surface area contributed by atoms with Crippen molar-refractivity contribution in [3.8, 4) is 5.75 Å². The van der Waals surface area contributed by atoms with Crippen LogP contribution < -0.4 is 9.61 Å². The zero-order valence-corrected chi connectivity index (χ0v) is 22.2. The number of aliphatic hydroxyl groups is 1. The summed E-state index contributed by atoms with van der Waals surface area (Å²) in [4.78, 5) is 12.7. The van der Waals surface area contributed by atoms with Crippen molar-refractivity contribution in [1.82, 2.24) is 5.09 Å². The SMILES string of the molecule is CC1C(O)C(COP(=O)(N[C@@H](C)C(=O)OCc2ccccc2)Oc2cccc3ccccc23)OC[C@H]1C. The Morgan fingerprint density at radius 2 is 1.78 bits per heavy atom. The highest BCUT2D eigenvalue weighted by molar-refractivity contribution is 7.52. The summed E-state index contributed by atoms with van der Waals surface area (Å²) in [6.45, 7) is 5.84. The molecule has 0 aliphatic carbocycles. The summed E-state index contributed by atoms with van der Waals surface area (Å²) in [6.07, 6.45) is -1.47. The average molecular weight is 528 g/mol. The Bertz CT molecular complexity index is 1230. The van der Waals surface area contributed by atoms with Gasteiger partial charge in [0.2, 0.25) is 0 Å². The third kappa shape index (κ3) is 6.98. The molecule has 0 spiro atoms. The molecule has 1 saturated heterocycles. The van der Waals surface area contributed by atoms with Gasteiger partial charge in [-0.05, 0) is 35.8 Å². The minimum Gasteiger partial charge on any atom is -0.460 e. The van der Waals surface area contributed by atoms with Gasteiger partial charge in [-0.3, -0.25) is 9.32 Å². The molecule has 1 heterocycles. The van der Waals surface area contributed by atoms with Crippen molar-refractivity contribution in [2.45, 2.75) is 45.6 Å². The lowest BCUT2D eigenvalue weighted by Crippen LogP contribution is -2.46. The predicted molar refractivity (Wildman–Crippen MR) is 141 cm³/mol. The van der Waals surface area contributed by atoms with Crippen LogP contribution in [0.2, 0.25) is 0 Å². The highest BCUT2D eigenvalue weighted by Crippen LogP contribution is 2.47. The van der Waals surface area contributed by atoms with E-state index in [2.05, 4.69) is 5.09 Å². The smallest absolute Gasteiger partial charge is 0.459 e. The molecule has 0 amide bonds. The summed E-state index contributed by atoms with van der Waals surface area (Å²) in [5, 5.41) is 15.0. The number of fused-ring (bicyclic) bond motifs is 1. The molecule has 8 nitrogen and oxygen atoms in total. The number of hydrogen-bond acceptors (Lipinski definition) is 7. The van der Waals surface area contributed by atoms with Gasteiger partial charge in [0.1, 0.15) is 24.5 Å². The molecule has 9 heteroatoms. The number of rotatable bonds is 10. The molecule has 1 aliphatic heterocycles. The van der Waals surface area contributed by atoms with E-state index in [9.17, 15) is 14.5 Å². The minimum atomic E-state index is -4.12. The Morgan fingerprint density at radius 3 is 2.57 bits per heavy atom. The second-order valence-electron chi connectivity index (χ2n) is 9.50. The van der Waals surface area contributed by atoms with Crippen molar-refractivity contribution < 1.29 is 33.0 Å². The van der Waals surface area contributed by atoms with Crippen LogP contribution in [0.15, 0.2) is 72.8 Å². The van der Waals surface area contributed by atoms with Gasteiger partial charge in [-0.1, -0.05) is 80.6 Å². The van der Waals surface area contributed by atoms with Crippen molar-refractivity contribution >= 4 is 24.5 Å². The maximum absolute atomic E-state index is 14.0. The van der Waals surface area contributed by atoms with E-state index in [0.29, 0.717) is 12.4 Å². The van der Waals surface area contributed by atoms with E-state index in [1.165, 1.54) is 6.92 Å². The molecule has 0 bridgehead atoms. The maximum Gasteiger partial charge on any atom is 0.459 e. The van der Waals surface area contributed by atoms with Crippen LogP contribution in [0.5, 0.6) is 5.75 Å². The standard InChI is InChI=1S/C28H34NO7P/c1-19-16-33-26(27(30)20(19)2)18-35-37(32,36-25-15-9-13-23-12-7-8-14-24(23)25)29-21(3)28(31)34-17-22-10-5-4-6-11-22/h4-15,19-21,26-27,30H,16-18H2,1-3H3,(H,29,32)/t19-,20?,21+,26?,27?,37?/m1/s1. The lowest BCUT2D eigenvalue weighted by atomic mass is 9.86. The van der Waals surface area contributed by atoms with Gasteiger partial charge < -0.3 is 19.1 Å². The summed E-state index contributed by atoms with van der Waals surface area (Å²) in [5.41, 5.74) is 0.835. The molecule has 4 unspecified atom stereocenters. The third-order valence-electron chi connectivity index (χ3n) is 6.70. The molecule has 3 aromatic rings. The lowest BCUT2D eigenvalue weighted by Gasteiger charge is -2.37. The fourth-order valence-electron chi connectivity index (χ4n) is 4.16. The van der Waals surface area contributed by atoms with E-state index in [1.54, 1.807) is 12.1 Å². The minimum absolute atomic E-state index is 0.0134. The zero-order valence-electron chi connectivity index (χ0n) is 21.3. The van der Waals surface area contributed by atoms with Crippen molar-refractivity contribution in [3.05, 3.63) is 78.4 Å². The zero-order chi connectivity index (χ0) is 26.4. The van der Waals surface area contributed by atoms with Gasteiger partial charge in [0.15, 0.2) is 0 Å². The van der Waals surface area contributed by atoms with Gasteiger partial charge in [0.05, 0.1) is 19.3 Å². The van der Waals surface area contributed by atoms with E-state index in [4.69, 9.17) is 18.5 Å². The summed E-state index contributed by atoms with van der Waals surface area (Å²) >= 11 is 0. The molecule has 4 rings (SSSR count). The van der Waals surface area contributed by atoms with Crippen LogP contribution in [0.4, 0.5) is 0 Å². The Labute approximate surface area is 217 Å². The second-order valence-corrected chi connectivity index (χ2v) is 11.2.